The van der Waals surface area contributed by atoms with Gasteiger partial charge in [-0.25, -0.2) is 0 Å². The zero-order chi connectivity index (χ0) is 11.7. The first kappa shape index (κ1) is 10.7. The summed E-state index contributed by atoms with van der Waals surface area (Å²) in [5.74, 6) is 0.959. The van der Waals surface area contributed by atoms with Gasteiger partial charge >= 0.3 is 0 Å². The molecular formula is C13H18N2O2. The highest BCUT2D eigenvalue weighted by molar-refractivity contribution is 5.66. The summed E-state index contributed by atoms with van der Waals surface area (Å²) in [7, 11) is 0. The van der Waals surface area contributed by atoms with Gasteiger partial charge in [-0.2, -0.15) is 0 Å². The fourth-order valence-electron chi connectivity index (χ4n) is 2.29. The molecule has 0 saturated carbocycles. The van der Waals surface area contributed by atoms with E-state index in [-0.39, 0.29) is 6.10 Å². The van der Waals surface area contributed by atoms with Gasteiger partial charge in [0.15, 0.2) is 0 Å². The lowest BCUT2D eigenvalue weighted by Crippen LogP contribution is -2.36. The highest BCUT2D eigenvalue weighted by Gasteiger charge is 2.18. The van der Waals surface area contributed by atoms with Crippen molar-refractivity contribution in [2.24, 2.45) is 0 Å². The first-order valence-corrected chi connectivity index (χ1v) is 6.20. The first-order chi connectivity index (χ1) is 8.33. The Morgan fingerprint density at radius 1 is 1.29 bits per heavy atom. The van der Waals surface area contributed by atoms with Crippen molar-refractivity contribution in [3.8, 4) is 5.75 Å². The molecule has 0 radical (unpaired) electrons. The summed E-state index contributed by atoms with van der Waals surface area (Å²) in [6.07, 6.45) is 0.247. The van der Waals surface area contributed by atoms with Gasteiger partial charge in [-0.15, -0.1) is 0 Å². The van der Waals surface area contributed by atoms with Crippen molar-refractivity contribution in [3.63, 3.8) is 0 Å². The van der Waals surface area contributed by atoms with Gasteiger partial charge in [-0.3, -0.25) is 0 Å². The summed E-state index contributed by atoms with van der Waals surface area (Å²) in [6, 6.07) is 6.36. The third kappa shape index (κ3) is 2.17. The molecule has 3 rings (SSSR count). The summed E-state index contributed by atoms with van der Waals surface area (Å²) in [4.78, 5) is 2.35. The van der Waals surface area contributed by atoms with E-state index in [9.17, 15) is 0 Å². The van der Waals surface area contributed by atoms with Gasteiger partial charge in [-0.1, -0.05) is 0 Å². The van der Waals surface area contributed by atoms with Gasteiger partial charge in [-0.05, 0) is 25.1 Å². The lowest BCUT2D eigenvalue weighted by molar-refractivity contribution is 0.122. The third-order valence-corrected chi connectivity index (χ3v) is 3.25. The molecule has 2 heterocycles. The molecule has 17 heavy (non-hydrogen) atoms. The molecule has 1 aromatic carbocycles. The van der Waals surface area contributed by atoms with Crippen molar-refractivity contribution in [3.05, 3.63) is 18.2 Å². The Kier molecular flexibility index (Phi) is 2.81. The van der Waals surface area contributed by atoms with Crippen LogP contribution < -0.4 is 15.0 Å². The zero-order valence-corrected chi connectivity index (χ0v) is 10.1. The smallest absolute Gasteiger partial charge is 0.143 e. The largest absolute Gasteiger partial charge is 0.487 e. The standard InChI is InChI=1S/C13H18N2O2/c1-10-9-14-12-8-11(2-3-13(12)17-10)15-4-6-16-7-5-15/h2-3,8,10,14H,4-7,9H2,1H3. The van der Waals surface area contributed by atoms with Gasteiger partial charge in [0.1, 0.15) is 11.9 Å². The van der Waals surface area contributed by atoms with Crippen molar-refractivity contribution < 1.29 is 9.47 Å². The minimum Gasteiger partial charge on any atom is -0.487 e. The summed E-state index contributed by atoms with van der Waals surface area (Å²) >= 11 is 0. The number of nitrogens with one attached hydrogen (secondary N) is 1. The topological polar surface area (TPSA) is 33.7 Å². The van der Waals surface area contributed by atoms with Crippen LogP contribution in [0.15, 0.2) is 18.2 Å². The first-order valence-electron chi connectivity index (χ1n) is 6.20. The maximum Gasteiger partial charge on any atom is 0.143 e. The maximum atomic E-state index is 5.77. The van der Waals surface area contributed by atoms with Gasteiger partial charge in [0.25, 0.3) is 0 Å². The fraction of sp³-hybridized carbons (Fsp3) is 0.538. The Morgan fingerprint density at radius 2 is 2.12 bits per heavy atom. The van der Waals surface area contributed by atoms with Crippen LogP contribution in [-0.2, 0) is 4.74 Å². The van der Waals surface area contributed by atoms with Crippen LogP contribution in [0.5, 0.6) is 5.75 Å². The normalized spacial score (nSPS) is 23.6. The number of benzene rings is 1. The van der Waals surface area contributed by atoms with E-state index >= 15 is 0 Å². The van der Waals surface area contributed by atoms with E-state index in [2.05, 4.69) is 35.3 Å². The molecule has 4 heteroatoms. The van der Waals surface area contributed by atoms with Crippen LogP contribution in [0.1, 0.15) is 6.92 Å². The van der Waals surface area contributed by atoms with E-state index in [1.54, 1.807) is 0 Å². The number of rotatable bonds is 1. The molecule has 1 saturated heterocycles. The van der Waals surface area contributed by atoms with Crippen molar-refractivity contribution in [2.45, 2.75) is 13.0 Å². The lowest BCUT2D eigenvalue weighted by Gasteiger charge is -2.31. The van der Waals surface area contributed by atoms with Crippen molar-refractivity contribution in [2.75, 3.05) is 43.1 Å². The molecule has 0 aromatic heterocycles. The van der Waals surface area contributed by atoms with Gasteiger partial charge in [0.2, 0.25) is 0 Å². The number of anilines is 2. The van der Waals surface area contributed by atoms with Crippen LogP contribution in [0.25, 0.3) is 0 Å². The summed E-state index contributed by atoms with van der Waals surface area (Å²) in [6.45, 7) is 6.52. The molecule has 4 nitrogen and oxygen atoms in total. The molecule has 1 N–H and O–H groups in total. The van der Waals surface area contributed by atoms with Crippen LogP contribution in [-0.4, -0.2) is 39.0 Å². The van der Waals surface area contributed by atoms with Crippen LogP contribution in [0.4, 0.5) is 11.4 Å². The predicted octanol–water partition coefficient (Wildman–Crippen LogP) is 1.72. The monoisotopic (exact) mass is 234 g/mol. The highest BCUT2D eigenvalue weighted by atomic mass is 16.5. The average molecular weight is 234 g/mol. The van der Waals surface area contributed by atoms with Gasteiger partial charge in [0, 0.05) is 18.8 Å². The zero-order valence-electron chi connectivity index (χ0n) is 10.1. The molecule has 1 atom stereocenters. The average Bonchev–Trinajstić information content (AvgIpc) is 2.39. The Hall–Kier alpha value is -1.42. The molecule has 0 amide bonds. The second-order valence-corrected chi connectivity index (χ2v) is 4.59. The van der Waals surface area contributed by atoms with E-state index < -0.39 is 0 Å². The molecule has 1 unspecified atom stereocenters. The Bertz CT molecular complexity index is 402. The molecule has 92 valence electrons. The maximum absolute atomic E-state index is 5.77. The molecule has 0 spiro atoms. The number of nitrogens with zero attached hydrogens (tertiary/aromatic N) is 1. The minimum absolute atomic E-state index is 0.247. The van der Waals surface area contributed by atoms with Gasteiger partial charge < -0.3 is 19.7 Å². The summed E-state index contributed by atoms with van der Waals surface area (Å²) in [5.41, 5.74) is 2.35. The quantitative estimate of drug-likeness (QED) is 0.802. The van der Waals surface area contributed by atoms with Crippen LogP contribution in [0.2, 0.25) is 0 Å². The van der Waals surface area contributed by atoms with E-state index in [0.717, 1.165) is 44.3 Å². The molecule has 1 aromatic rings. The van der Waals surface area contributed by atoms with Crippen LogP contribution in [0, 0.1) is 0 Å². The number of morpholine rings is 1. The minimum atomic E-state index is 0.247. The van der Waals surface area contributed by atoms with E-state index in [1.165, 1.54) is 5.69 Å². The van der Waals surface area contributed by atoms with Crippen molar-refractivity contribution >= 4 is 11.4 Å². The summed E-state index contributed by atoms with van der Waals surface area (Å²) in [5, 5.41) is 3.41. The number of hydrogen-bond acceptors (Lipinski definition) is 4. The number of fused-ring (bicyclic) bond motifs is 1. The molecule has 0 bridgehead atoms. The molecule has 2 aliphatic rings. The fourth-order valence-corrected chi connectivity index (χ4v) is 2.29. The Morgan fingerprint density at radius 3 is 2.94 bits per heavy atom. The van der Waals surface area contributed by atoms with Gasteiger partial charge in [0.05, 0.1) is 25.4 Å². The Labute approximate surface area is 102 Å². The number of ether oxygens (including phenoxy) is 2. The van der Waals surface area contributed by atoms with E-state index in [1.807, 2.05) is 0 Å². The van der Waals surface area contributed by atoms with Crippen molar-refractivity contribution in [1.82, 2.24) is 0 Å². The summed E-state index contributed by atoms with van der Waals surface area (Å²) < 4.78 is 11.1. The molecule has 1 fully saturated rings. The second-order valence-electron chi connectivity index (χ2n) is 4.59. The highest BCUT2D eigenvalue weighted by Crippen LogP contribution is 2.33. The molecule has 0 aliphatic carbocycles. The molecule has 2 aliphatic heterocycles. The van der Waals surface area contributed by atoms with E-state index in [4.69, 9.17) is 9.47 Å². The predicted molar refractivity (Wildman–Crippen MR) is 68.1 cm³/mol. The van der Waals surface area contributed by atoms with Crippen LogP contribution >= 0.6 is 0 Å². The Balaban J connectivity index is 1.82. The second kappa shape index (κ2) is 4.45. The van der Waals surface area contributed by atoms with Crippen molar-refractivity contribution in [1.29, 1.82) is 0 Å². The lowest BCUT2D eigenvalue weighted by atomic mass is 10.2. The third-order valence-electron chi connectivity index (χ3n) is 3.25. The van der Waals surface area contributed by atoms with E-state index in [0.29, 0.717) is 0 Å². The molecular weight excluding hydrogens is 216 g/mol. The van der Waals surface area contributed by atoms with Crippen LogP contribution in [0.3, 0.4) is 0 Å². The number of hydrogen-bond donors (Lipinski definition) is 1. The SMILES string of the molecule is CC1CNc2cc(N3CCOCC3)ccc2O1.